The predicted octanol–water partition coefficient (Wildman–Crippen LogP) is 4.07. The highest BCUT2D eigenvalue weighted by Crippen LogP contribution is 2.24. The normalized spacial score (nSPS) is 16.4. The zero-order valence-electron chi connectivity index (χ0n) is 14.9. The number of aryl methyl sites for hydroxylation is 1. The Kier molecular flexibility index (Phi) is 4.74. The van der Waals surface area contributed by atoms with Crippen LogP contribution in [-0.4, -0.2) is 41.0 Å². The summed E-state index contributed by atoms with van der Waals surface area (Å²) in [5.74, 6) is -0.371. The number of hydrogen-bond donors (Lipinski definition) is 1. The zero-order chi connectivity index (χ0) is 18.1. The lowest BCUT2D eigenvalue weighted by Gasteiger charge is -2.34. The molecule has 0 aliphatic carbocycles. The van der Waals surface area contributed by atoms with Gasteiger partial charge in [0.25, 0.3) is 0 Å². The average Bonchev–Trinajstić information content (AvgIpc) is 2.92. The van der Waals surface area contributed by atoms with E-state index in [1.807, 2.05) is 13.0 Å². The van der Waals surface area contributed by atoms with Crippen molar-refractivity contribution in [3.63, 3.8) is 0 Å². The molecule has 0 atom stereocenters. The van der Waals surface area contributed by atoms with Crippen LogP contribution >= 0.6 is 0 Å². The maximum absolute atomic E-state index is 13.5. The Balaban J connectivity index is 1.37. The first-order valence-electron chi connectivity index (χ1n) is 9.04. The fourth-order valence-electron chi connectivity index (χ4n) is 3.74. The van der Waals surface area contributed by atoms with Gasteiger partial charge in [0.05, 0.1) is 0 Å². The first kappa shape index (κ1) is 17.2. The van der Waals surface area contributed by atoms with Crippen LogP contribution in [0, 0.1) is 18.6 Å². The number of H-pyrrole nitrogens is 1. The maximum Gasteiger partial charge on any atom is 0.123 e. The molecule has 0 amide bonds. The summed E-state index contributed by atoms with van der Waals surface area (Å²) in [7, 11) is 0. The molecule has 0 unspecified atom stereocenters. The molecule has 1 aliphatic heterocycles. The van der Waals surface area contributed by atoms with Crippen LogP contribution in [-0.2, 0) is 13.1 Å². The van der Waals surface area contributed by atoms with E-state index in [0.29, 0.717) is 0 Å². The minimum Gasteiger partial charge on any atom is -0.357 e. The van der Waals surface area contributed by atoms with E-state index < -0.39 is 0 Å². The molecule has 2 heterocycles. The molecule has 0 spiro atoms. The molecular weight excluding hydrogens is 332 g/mol. The largest absolute Gasteiger partial charge is 0.357 e. The van der Waals surface area contributed by atoms with E-state index in [-0.39, 0.29) is 11.6 Å². The summed E-state index contributed by atoms with van der Waals surface area (Å²) in [6, 6.07) is 11.7. The summed E-state index contributed by atoms with van der Waals surface area (Å²) < 4.78 is 26.8. The van der Waals surface area contributed by atoms with Gasteiger partial charge in [-0.15, -0.1) is 0 Å². The van der Waals surface area contributed by atoms with Crippen molar-refractivity contribution in [3.8, 4) is 0 Å². The van der Waals surface area contributed by atoms with Gasteiger partial charge in [0.1, 0.15) is 11.6 Å². The lowest BCUT2D eigenvalue weighted by atomic mass is 10.1. The van der Waals surface area contributed by atoms with Gasteiger partial charge in [-0.3, -0.25) is 9.80 Å². The van der Waals surface area contributed by atoms with Crippen LogP contribution in [0.3, 0.4) is 0 Å². The molecule has 0 radical (unpaired) electrons. The summed E-state index contributed by atoms with van der Waals surface area (Å²) >= 11 is 0. The van der Waals surface area contributed by atoms with Crippen LogP contribution in [0.25, 0.3) is 10.9 Å². The summed E-state index contributed by atoms with van der Waals surface area (Å²) in [5.41, 5.74) is 4.29. The topological polar surface area (TPSA) is 22.3 Å². The Morgan fingerprint density at radius 3 is 2.31 bits per heavy atom. The number of hydrogen-bond acceptors (Lipinski definition) is 2. The molecular formula is C21H23F2N3. The Hall–Kier alpha value is -2.24. The van der Waals surface area contributed by atoms with Crippen molar-refractivity contribution in [2.24, 2.45) is 0 Å². The second-order valence-electron chi connectivity index (χ2n) is 7.10. The monoisotopic (exact) mass is 355 g/mol. The summed E-state index contributed by atoms with van der Waals surface area (Å²) in [6.07, 6.45) is 0. The van der Waals surface area contributed by atoms with Gasteiger partial charge in [0.15, 0.2) is 0 Å². The predicted molar refractivity (Wildman–Crippen MR) is 99.9 cm³/mol. The number of aromatic amines is 1. The molecule has 136 valence electrons. The number of benzene rings is 2. The third-order valence-electron chi connectivity index (χ3n) is 5.27. The second kappa shape index (κ2) is 7.17. The lowest BCUT2D eigenvalue weighted by Crippen LogP contribution is -2.45. The van der Waals surface area contributed by atoms with E-state index in [4.69, 9.17) is 0 Å². The van der Waals surface area contributed by atoms with Crippen LogP contribution in [0.1, 0.15) is 16.8 Å². The van der Waals surface area contributed by atoms with Crippen molar-refractivity contribution in [3.05, 3.63) is 70.9 Å². The van der Waals surface area contributed by atoms with E-state index in [0.717, 1.165) is 67.0 Å². The summed E-state index contributed by atoms with van der Waals surface area (Å²) in [4.78, 5) is 8.20. The fraction of sp³-hybridized carbons (Fsp3) is 0.333. The Morgan fingerprint density at radius 1 is 0.885 bits per heavy atom. The van der Waals surface area contributed by atoms with Gasteiger partial charge in [-0.25, -0.2) is 8.78 Å². The van der Waals surface area contributed by atoms with Crippen molar-refractivity contribution in [1.29, 1.82) is 0 Å². The van der Waals surface area contributed by atoms with Crippen molar-refractivity contribution in [1.82, 2.24) is 14.8 Å². The highest BCUT2D eigenvalue weighted by Gasteiger charge is 2.19. The van der Waals surface area contributed by atoms with Gasteiger partial charge < -0.3 is 4.98 Å². The van der Waals surface area contributed by atoms with Crippen molar-refractivity contribution >= 4 is 10.9 Å². The molecule has 1 fully saturated rings. The number of aromatic nitrogens is 1. The first-order valence-corrected chi connectivity index (χ1v) is 9.04. The van der Waals surface area contributed by atoms with Crippen molar-refractivity contribution in [2.75, 3.05) is 26.2 Å². The third kappa shape index (κ3) is 3.64. The quantitative estimate of drug-likeness (QED) is 0.762. The van der Waals surface area contributed by atoms with E-state index in [1.54, 1.807) is 24.3 Å². The molecule has 1 aliphatic rings. The molecule has 26 heavy (non-hydrogen) atoms. The smallest absolute Gasteiger partial charge is 0.123 e. The van der Waals surface area contributed by atoms with E-state index in [1.165, 1.54) is 12.1 Å². The molecule has 3 aromatic rings. The van der Waals surface area contributed by atoms with E-state index in [9.17, 15) is 8.78 Å². The molecule has 0 saturated carbocycles. The van der Waals surface area contributed by atoms with Crippen molar-refractivity contribution in [2.45, 2.75) is 20.0 Å². The Bertz CT molecular complexity index is 911. The molecule has 3 nitrogen and oxygen atoms in total. The SMILES string of the molecule is Cc1c(CN2CCN(Cc3cccc(F)c3)CC2)[nH]c2ccc(F)cc12. The van der Waals surface area contributed by atoms with Gasteiger partial charge in [0.2, 0.25) is 0 Å². The average molecular weight is 355 g/mol. The van der Waals surface area contributed by atoms with Gasteiger partial charge in [-0.05, 0) is 48.4 Å². The van der Waals surface area contributed by atoms with Crippen LogP contribution in [0.15, 0.2) is 42.5 Å². The Labute approximate surface area is 152 Å². The van der Waals surface area contributed by atoms with Crippen LogP contribution in [0.2, 0.25) is 0 Å². The number of halogens is 2. The number of piperazine rings is 1. The fourth-order valence-corrected chi connectivity index (χ4v) is 3.74. The number of rotatable bonds is 4. The molecule has 1 aromatic heterocycles. The number of fused-ring (bicyclic) bond motifs is 1. The molecule has 2 aromatic carbocycles. The molecule has 1 saturated heterocycles. The highest BCUT2D eigenvalue weighted by atomic mass is 19.1. The van der Waals surface area contributed by atoms with Gasteiger partial charge in [-0.2, -0.15) is 0 Å². The molecule has 4 rings (SSSR count). The summed E-state index contributed by atoms with van der Waals surface area (Å²) in [5, 5.41) is 0.963. The second-order valence-corrected chi connectivity index (χ2v) is 7.10. The van der Waals surface area contributed by atoms with Crippen molar-refractivity contribution < 1.29 is 8.78 Å². The lowest BCUT2D eigenvalue weighted by molar-refractivity contribution is 0.121. The number of nitrogens with one attached hydrogen (secondary N) is 1. The molecule has 5 heteroatoms. The third-order valence-corrected chi connectivity index (χ3v) is 5.27. The van der Waals surface area contributed by atoms with E-state index >= 15 is 0 Å². The first-order chi connectivity index (χ1) is 12.6. The Morgan fingerprint density at radius 2 is 1.58 bits per heavy atom. The maximum atomic E-state index is 13.5. The van der Waals surface area contributed by atoms with Gasteiger partial charge >= 0.3 is 0 Å². The molecule has 0 bridgehead atoms. The minimum absolute atomic E-state index is 0.174. The van der Waals surface area contributed by atoms with Crippen LogP contribution in [0.4, 0.5) is 8.78 Å². The highest BCUT2D eigenvalue weighted by molar-refractivity contribution is 5.84. The van der Waals surface area contributed by atoms with Gasteiger partial charge in [-0.1, -0.05) is 12.1 Å². The van der Waals surface area contributed by atoms with Gasteiger partial charge in [0, 0.05) is 55.9 Å². The van der Waals surface area contributed by atoms with Crippen LogP contribution < -0.4 is 0 Å². The van der Waals surface area contributed by atoms with Crippen LogP contribution in [0.5, 0.6) is 0 Å². The minimum atomic E-state index is -0.197. The zero-order valence-corrected chi connectivity index (χ0v) is 14.9. The molecule has 1 N–H and O–H groups in total. The standard InChI is InChI=1S/C21H23F2N3/c1-15-19-12-18(23)5-6-20(19)24-21(15)14-26-9-7-25(8-10-26)13-16-3-2-4-17(22)11-16/h2-6,11-12,24H,7-10,13-14H2,1H3. The number of nitrogens with zero attached hydrogens (tertiary/aromatic N) is 2. The summed E-state index contributed by atoms with van der Waals surface area (Å²) in [6.45, 7) is 7.55. The van der Waals surface area contributed by atoms with E-state index in [2.05, 4.69) is 14.8 Å².